The molecular formula is C47H44O9. The van der Waals surface area contributed by atoms with Gasteiger partial charge in [0.1, 0.15) is 23.0 Å². The zero-order chi connectivity index (χ0) is 39.4. The third-order valence-corrected chi connectivity index (χ3v) is 9.52. The number of fused-ring (bicyclic) bond motifs is 1. The minimum absolute atomic E-state index is 0.0548. The maximum absolute atomic E-state index is 12.9. The first kappa shape index (κ1) is 39.3. The Morgan fingerprint density at radius 1 is 0.464 bits per heavy atom. The van der Waals surface area contributed by atoms with Crippen LogP contribution in [0.4, 0.5) is 0 Å². The van der Waals surface area contributed by atoms with Crippen LogP contribution in [0, 0.1) is 0 Å². The van der Waals surface area contributed by atoms with Crippen LogP contribution < -0.4 is 18.9 Å². The molecule has 0 saturated heterocycles. The summed E-state index contributed by atoms with van der Waals surface area (Å²) in [6.07, 6.45) is 5.45. The molecule has 0 heterocycles. The van der Waals surface area contributed by atoms with E-state index in [-0.39, 0.29) is 42.1 Å². The van der Waals surface area contributed by atoms with Crippen molar-refractivity contribution in [2.45, 2.75) is 78.1 Å². The molecule has 286 valence electrons. The average molecular weight is 753 g/mol. The summed E-state index contributed by atoms with van der Waals surface area (Å²) in [5.74, 6) is -0.839. The first-order chi connectivity index (χ1) is 27.2. The molecule has 1 aliphatic rings. The Balaban J connectivity index is 0.967. The molecule has 0 atom stereocenters. The van der Waals surface area contributed by atoms with Gasteiger partial charge in [-0.25, -0.2) is 9.59 Å². The maximum atomic E-state index is 12.9. The van der Waals surface area contributed by atoms with Crippen LogP contribution in [0.2, 0.25) is 0 Å². The number of hydrogen-bond acceptors (Lipinski definition) is 9. The number of rotatable bonds is 16. The quantitative estimate of drug-likeness (QED) is 0.0717. The lowest BCUT2D eigenvalue weighted by molar-refractivity contribution is -0.135. The number of hydrogen-bond donors (Lipinski definition) is 0. The number of esters is 4. The number of carbonyl (C=O) groups is 5. The van der Waals surface area contributed by atoms with Gasteiger partial charge in [-0.3, -0.25) is 14.4 Å². The number of aryl methyl sites for hydroxylation is 4. The van der Waals surface area contributed by atoms with Crippen LogP contribution in [0.15, 0.2) is 109 Å². The molecule has 0 bridgehead atoms. The number of benzene rings is 5. The van der Waals surface area contributed by atoms with Gasteiger partial charge in [0, 0.05) is 24.8 Å². The SMILES string of the molecule is CCCc1ccc(C(=O)Oc2ccc(CCC(=O)Oc3ccc(OC(=O)CCc4ccc(OC(=O)c5ccc(CCC)cc5)cc4)c4c3CCC4=O)cc2)cc1. The van der Waals surface area contributed by atoms with Crippen molar-refractivity contribution in [1.82, 2.24) is 0 Å². The topological polar surface area (TPSA) is 122 Å². The second kappa shape index (κ2) is 18.8. The lowest BCUT2D eigenvalue weighted by Gasteiger charge is -2.13. The Morgan fingerprint density at radius 2 is 0.857 bits per heavy atom. The molecule has 5 aromatic rings. The van der Waals surface area contributed by atoms with Gasteiger partial charge in [-0.1, -0.05) is 75.2 Å². The fourth-order valence-corrected chi connectivity index (χ4v) is 6.52. The van der Waals surface area contributed by atoms with Crippen LogP contribution in [-0.4, -0.2) is 29.7 Å². The van der Waals surface area contributed by atoms with Crippen molar-refractivity contribution in [3.63, 3.8) is 0 Å². The van der Waals surface area contributed by atoms with E-state index in [1.807, 2.05) is 24.3 Å². The molecule has 0 fully saturated rings. The molecule has 0 spiro atoms. The van der Waals surface area contributed by atoms with E-state index >= 15 is 0 Å². The highest BCUT2D eigenvalue weighted by molar-refractivity contribution is 6.04. The van der Waals surface area contributed by atoms with E-state index in [0.29, 0.717) is 47.5 Å². The van der Waals surface area contributed by atoms with Crippen LogP contribution in [0.25, 0.3) is 0 Å². The predicted octanol–water partition coefficient (Wildman–Crippen LogP) is 9.24. The Hall–Kier alpha value is -6.35. The van der Waals surface area contributed by atoms with E-state index in [0.717, 1.165) is 36.8 Å². The van der Waals surface area contributed by atoms with Crippen LogP contribution in [0.3, 0.4) is 0 Å². The number of ether oxygens (including phenoxy) is 4. The number of ketones is 1. The van der Waals surface area contributed by atoms with Crippen molar-refractivity contribution in [3.05, 3.63) is 154 Å². The van der Waals surface area contributed by atoms with Crippen molar-refractivity contribution in [2.24, 2.45) is 0 Å². The largest absolute Gasteiger partial charge is 0.426 e. The minimum atomic E-state index is -0.513. The summed E-state index contributed by atoms with van der Waals surface area (Å²) in [7, 11) is 0. The predicted molar refractivity (Wildman–Crippen MR) is 211 cm³/mol. The molecule has 56 heavy (non-hydrogen) atoms. The molecule has 5 aromatic carbocycles. The van der Waals surface area contributed by atoms with Crippen LogP contribution >= 0.6 is 0 Å². The molecule has 0 amide bonds. The summed E-state index contributed by atoms with van der Waals surface area (Å²) < 4.78 is 22.3. The minimum Gasteiger partial charge on any atom is -0.426 e. The molecule has 9 heteroatoms. The summed E-state index contributed by atoms with van der Waals surface area (Å²) >= 11 is 0. The van der Waals surface area contributed by atoms with Crippen LogP contribution in [-0.2, 0) is 41.7 Å². The van der Waals surface area contributed by atoms with Crippen LogP contribution in [0.1, 0.15) is 105 Å². The third-order valence-electron chi connectivity index (χ3n) is 9.52. The smallest absolute Gasteiger partial charge is 0.343 e. The summed E-state index contributed by atoms with van der Waals surface area (Å²) in [5, 5.41) is 0. The van der Waals surface area contributed by atoms with Gasteiger partial charge in [-0.15, -0.1) is 0 Å². The highest BCUT2D eigenvalue weighted by Gasteiger charge is 2.29. The van der Waals surface area contributed by atoms with E-state index in [1.165, 1.54) is 17.2 Å². The molecule has 0 aliphatic heterocycles. The zero-order valence-corrected chi connectivity index (χ0v) is 31.6. The third kappa shape index (κ3) is 10.4. The van der Waals surface area contributed by atoms with Gasteiger partial charge >= 0.3 is 23.9 Å². The van der Waals surface area contributed by atoms with Gasteiger partial charge in [0.15, 0.2) is 5.78 Å². The van der Waals surface area contributed by atoms with Gasteiger partial charge < -0.3 is 18.9 Å². The fraction of sp³-hybridized carbons (Fsp3) is 0.255. The van der Waals surface area contributed by atoms with Crippen molar-refractivity contribution >= 4 is 29.7 Å². The van der Waals surface area contributed by atoms with Gasteiger partial charge in [-0.05, 0) is 115 Å². The monoisotopic (exact) mass is 752 g/mol. The van der Waals surface area contributed by atoms with Gasteiger partial charge in [0.05, 0.1) is 16.7 Å². The average Bonchev–Trinajstić information content (AvgIpc) is 3.61. The number of Topliss-reactive ketones (excluding diaryl/α,β-unsaturated/α-hetero) is 1. The van der Waals surface area contributed by atoms with E-state index in [2.05, 4.69) is 13.8 Å². The molecule has 0 N–H and O–H groups in total. The van der Waals surface area contributed by atoms with E-state index < -0.39 is 23.9 Å². The first-order valence-corrected chi connectivity index (χ1v) is 19.1. The van der Waals surface area contributed by atoms with Crippen molar-refractivity contribution in [2.75, 3.05) is 0 Å². The molecule has 6 rings (SSSR count). The standard InChI is InChI=1S/C47H44O9/c1-3-5-31-7-17-35(18-8-31)46(51)53-37-21-11-33(12-22-37)15-29-43(49)55-41-27-28-42(45-39(41)25-26-40(45)48)56-44(50)30-16-34-13-23-38(24-14-34)54-47(52)36-19-9-32(6-4-2)10-20-36/h7-14,17-24,27-28H,3-6,15-16,25-26,29-30H2,1-2H3. The van der Waals surface area contributed by atoms with Gasteiger partial charge in [0.25, 0.3) is 0 Å². The normalized spacial score (nSPS) is 11.8. The second-order valence-electron chi connectivity index (χ2n) is 13.7. The highest BCUT2D eigenvalue weighted by Crippen LogP contribution is 2.38. The van der Waals surface area contributed by atoms with Gasteiger partial charge in [-0.2, -0.15) is 0 Å². The lowest BCUT2D eigenvalue weighted by atomic mass is 10.1. The summed E-state index contributed by atoms with van der Waals surface area (Å²) in [5.41, 5.74) is 5.79. The zero-order valence-electron chi connectivity index (χ0n) is 31.6. The molecule has 0 saturated carbocycles. The summed E-state index contributed by atoms with van der Waals surface area (Å²) in [6, 6.07) is 31.7. The lowest BCUT2D eigenvalue weighted by Crippen LogP contribution is -2.13. The molecule has 9 nitrogen and oxygen atoms in total. The first-order valence-electron chi connectivity index (χ1n) is 19.1. The van der Waals surface area contributed by atoms with Crippen molar-refractivity contribution < 1.29 is 42.9 Å². The molecule has 0 radical (unpaired) electrons. The molecule has 1 aliphatic carbocycles. The van der Waals surface area contributed by atoms with Crippen molar-refractivity contribution in [1.29, 1.82) is 0 Å². The summed E-state index contributed by atoms with van der Waals surface area (Å²) in [4.78, 5) is 63.7. The van der Waals surface area contributed by atoms with E-state index in [1.54, 1.807) is 78.9 Å². The number of carbonyl (C=O) groups excluding carboxylic acids is 5. The molecule has 0 unspecified atom stereocenters. The Kier molecular flexibility index (Phi) is 13.2. The Morgan fingerprint density at radius 3 is 1.30 bits per heavy atom. The molecular weight excluding hydrogens is 709 g/mol. The Bertz CT molecular complexity index is 2180. The van der Waals surface area contributed by atoms with Crippen LogP contribution in [0.5, 0.6) is 23.0 Å². The van der Waals surface area contributed by atoms with Gasteiger partial charge in [0.2, 0.25) is 0 Å². The molecule has 0 aromatic heterocycles. The highest BCUT2D eigenvalue weighted by atomic mass is 16.5. The second-order valence-corrected chi connectivity index (χ2v) is 13.7. The maximum Gasteiger partial charge on any atom is 0.343 e. The van der Waals surface area contributed by atoms with Crippen molar-refractivity contribution in [3.8, 4) is 23.0 Å². The summed E-state index contributed by atoms with van der Waals surface area (Å²) in [6.45, 7) is 4.21. The Labute approximate surface area is 326 Å². The van der Waals surface area contributed by atoms with E-state index in [4.69, 9.17) is 18.9 Å². The van der Waals surface area contributed by atoms with E-state index in [9.17, 15) is 24.0 Å². The fourth-order valence-electron chi connectivity index (χ4n) is 6.52.